The molecule has 0 radical (unpaired) electrons. The third-order valence-electron chi connectivity index (χ3n) is 3.45. The summed E-state index contributed by atoms with van der Waals surface area (Å²) in [5.74, 6) is -0.658. The van der Waals surface area contributed by atoms with Crippen LogP contribution in [0.2, 0.25) is 0 Å². The van der Waals surface area contributed by atoms with E-state index in [-0.39, 0.29) is 17.9 Å². The van der Waals surface area contributed by atoms with Gasteiger partial charge in [0.1, 0.15) is 0 Å². The number of carbonyl (C=O) groups excluding carboxylic acids is 2. The summed E-state index contributed by atoms with van der Waals surface area (Å²) in [6.45, 7) is 1.83. The molecule has 4 nitrogen and oxygen atoms in total. The molecule has 1 atom stereocenters. The molecule has 0 amide bonds. The fourth-order valence-electron chi connectivity index (χ4n) is 2.00. The maximum Gasteiger partial charge on any atom is 0.312 e. The molecule has 0 saturated carbocycles. The van der Waals surface area contributed by atoms with Crippen LogP contribution in [-0.2, 0) is 25.5 Å². The normalized spacial score (nSPS) is 10.9. The highest BCUT2D eigenvalue weighted by Gasteiger charge is 2.17. The van der Waals surface area contributed by atoms with Gasteiger partial charge < -0.3 is 9.47 Å². The predicted octanol–water partition coefficient (Wildman–Crippen LogP) is 4.89. The molecule has 0 saturated heterocycles. The lowest BCUT2D eigenvalue weighted by Crippen LogP contribution is -2.11. The number of ether oxygens (including phenoxy) is 2. The third-order valence-corrected chi connectivity index (χ3v) is 4.94. The Kier molecular flexibility index (Phi) is 9.45. The molecule has 0 aliphatic carbocycles. The van der Waals surface area contributed by atoms with E-state index in [4.69, 9.17) is 0 Å². The smallest absolute Gasteiger partial charge is 0.312 e. The van der Waals surface area contributed by atoms with Gasteiger partial charge in [0.2, 0.25) is 0 Å². The highest BCUT2D eigenvalue weighted by molar-refractivity contribution is 9.10. The highest BCUT2D eigenvalue weighted by atomic mass is 79.9. The molecule has 2 rings (SSSR count). The molecule has 2 aromatic rings. The van der Waals surface area contributed by atoms with E-state index in [1.165, 1.54) is 14.2 Å². The minimum Gasteiger partial charge on any atom is -0.469 e. The van der Waals surface area contributed by atoms with Crippen molar-refractivity contribution < 1.29 is 19.1 Å². The number of halogens is 2. The lowest BCUT2D eigenvalue weighted by Gasteiger charge is -2.10. The number of hydrogen-bond donors (Lipinski definition) is 0. The summed E-state index contributed by atoms with van der Waals surface area (Å²) in [6.07, 6.45) is 0.317. The van der Waals surface area contributed by atoms with Gasteiger partial charge in [-0.15, -0.1) is 0 Å². The Morgan fingerprint density at radius 2 is 1.48 bits per heavy atom. The minimum absolute atomic E-state index is 0.216. The lowest BCUT2D eigenvalue weighted by atomic mass is 10.0. The van der Waals surface area contributed by atoms with Crippen LogP contribution in [0.5, 0.6) is 0 Å². The summed E-state index contributed by atoms with van der Waals surface area (Å²) in [5, 5.41) is 0. The first-order valence-corrected chi connectivity index (χ1v) is 9.11. The van der Waals surface area contributed by atoms with E-state index in [1.54, 1.807) is 0 Å². The molecular weight excluding hydrogens is 452 g/mol. The van der Waals surface area contributed by atoms with Crippen molar-refractivity contribution in [3.8, 4) is 0 Å². The number of rotatable bonds is 4. The molecule has 0 heterocycles. The maximum atomic E-state index is 11.2. The van der Waals surface area contributed by atoms with Crippen LogP contribution in [-0.4, -0.2) is 26.2 Å². The number of hydrogen-bond acceptors (Lipinski definition) is 4. The van der Waals surface area contributed by atoms with Crippen LogP contribution in [0.15, 0.2) is 57.5 Å². The molecule has 0 aromatic heterocycles. The molecule has 0 fully saturated rings. The molecule has 1 unspecified atom stereocenters. The Morgan fingerprint density at radius 3 is 2.00 bits per heavy atom. The highest BCUT2D eigenvalue weighted by Crippen LogP contribution is 2.25. The van der Waals surface area contributed by atoms with E-state index >= 15 is 0 Å². The summed E-state index contributed by atoms with van der Waals surface area (Å²) in [6, 6.07) is 15.2. The van der Waals surface area contributed by atoms with Gasteiger partial charge >= 0.3 is 11.9 Å². The van der Waals surface area contributed by atoms with Crippen LogP contribution in [0.25, 0.3) is 0 Å². The van der Waals surface area contributed by atoms with Gasteiger partial charge in [-0.2, -0.15) is 0 Å². The van der Waals surface area contributed by atoms with Crippen molar-refractivity contribution in [2.24, 2.45) is 0 Å². The molecule has 0 spiro atoms. The first kappa shape index (κ1) is 21.4. The van der Waals surface area contributed by atoms with Gasteiger partial charge in [-0.3, -0.25) is 9.59 Å². The molecule has 0 N–H and O–H groups in total. The van der Waals surface area contributed by atoms with Crippen molar-refractivity contribution in [2.45, 2.75) is 19.3 Å². The Balaban J connectivity index is 0.000000251. The van der Waals surface area contributed by atoms with E-state index in [2.05, 4.69) is 41.3 Å². The third kappa shape index (κ3) is 7.00. The Labute approximate surface area is 164 Å². The average Bonchev–Trinajstić information content (AvgIpc) is 2.63. The van der Waals surface area contributed by atoms with Gasteiger partial charge in [0.05, 0.1) is 26.6 Å². The number of esters is 2. The van der Waals surface area contributed by atoms with E-state index in [0.29, 0.717) is 6.42 Å². The first-order chi connectivity index (χ1) is 11.9. The van der Waals surface area contributed by atoms with Crippen molar-refractivity contribution in [1.29, 1.82) is 0 Å². The second-order valence-corrected chi connectivity index (χ2v) is 6.82. The fraction of sp³-hybridized carbons (Fsp3) is 0.263. The largest absolute Gasteiger partial charge is 0.469 e. The summed E-state index contributed by atoms with van der Waals surface area (Å²) in [4.78, 5) is 22.1. The maximum absolute atomic E-state index is 11.2. The predicted molar refractivity (Wildman–Crippen MR) is 104 cm³/mol. The zero-order valence-corrected chi connectivity index (χ0v) is 17.5. The second-order valence-electron chi connectivity index (χ2n) is 5.11. The van der Waals surface area contributed by atoms with E-state index in [0.717, 1.165) is 20.1 Å². The lowest BCUT2D eigenvalue weighted by molar-refractivity contribution is -0.142. The van der Waals surface area contributed by atoms with Crippen molar-refractivity contribution >= 4 is 43.8 Å². The van der Waals surface area contributed by atoms with Gasteiger partial charge in [-0.05, 0) is 30.2 Å². The van der Waals surface area contributed by atoms with Crippen molar-refractivity contribution in [2.75, 3.05) is 14.2 Å². The molecule has 0 bridgehead atoms. The zero-order chi connectivity index (χ0) is 18.8. The fourth-order valence-corrected chi connectivity index (χ4v) is 3.05. The molecule has 0 aliphatic heterocycles. The standard InChI is InChI=1S/C10H11BrO2.C9H9BrO2/c1-7(10(12)13-2)8-5-3-4-6-9(8)11;1-12-9(11)6-7-4-2-3-5-8(7)10/h3-7H,1-2H3;2-5H,6H2,1H3. The SMILES string of the molecule is COC(=O)C(C)c1ccccc1Br.COC(=O)Cc1ccccc1Br. The van der Waals surface area contributed by atoms with Crippen molar-refractivity contribution in [3.63, 3.8) is 0 Å². The summed E-state index contributed by atoms with van der Waals surface area (Å²) >= 11 is 6.73. The number of benzene rings is 2. The second kappa shape index (κ2) is 11.1. The van der Waals surface area contributed by atoms with E-state index in [9.17, 15) is 9.59 Å². The van der Waals surface area contributed by atoms with E-state index < -0.39 is 0 Å². The van der Waals surface area contributed by atoms with Gasteiger partial charge in [0.25, 0.3) is 0 Å². The number of carbonyl (C=O) groups is 2. The van der Waals surface area contributed by atoms with Crippen LogP contribution in [0.1, 0.15) is 24.0 Å². The van der Waals surface area contributed by atoms with Gasteiger partial charge in [0.15, 0.2) is 0 Å². The monoisotopic (exact) mass is 470 g/mol. The molecule has 25 heavy (non-hydrogen) atoms. The summed E-state index contributed by atoms with van der Waals surface area (Å²) < 4.78 is 11.1. The van der Waals surface area contributed by atoms with Crippen molar-refractivity contribution in [3.05, 3.63) is 68.6 Å². The van der Waals surface area contributed by atoms with Gasteiger partial charge in [-0.25, -0.2) is 0 Å². The topological polar surface area (TPSA) is 52.6 Å². The van der Waals surface area contributed by atoms with Crippen LogP contribution < -0.4 is 0 Å². The van der Waals surface area contributed by atoms with E-state index in [1.807, 2.05) is 55.5 Å². The van der Waals surface area contributed by atoms with Crippen molar-refractivity contribution in [1.82, 2.24) is 0 Å². The van der Waals surface area contributed by atoms with Crippen LogP contribution in [0.4, 0.5) is 0 Å². The van der Waals surface area contributed by atoms with Crippen LogP contribution >= 0.6 is 31.9 Å². The van der Waals surface area contributed by atoms with Crippen LogP contribution in [0, 0.1) is 0 Å². The number of methoxy groups -OCH3 is 2. The Morgan fingerprint density at radius 1 is 0.920 bits per heavy atom. The minimum atomic E-state index is -0.222. The molecular formula is C19H20Br2O4. The molecule has 2 aromatic carbocycles. The summed E-state index contributed by atoms with van der Waals surface area (Å²) in [7, 11) is 2.79. The zero-order valence-electron chi connectivity index (χ0n) is 14.3. The average molecular weight is 472 g/mol. The van der Waals surface area contributed by atoms with Crippen LogP contribution in [0.3, 0.4) is 0 Å². The molecule has 6 heteroatoms. The quantitative estimate of drug-likeness (QED) is 0.595. The molecule has 0 aliphatic rings. The summed E-state index contributed by atoms with van der Waals surface area (Å²) in [5.41, 5.74) is 1.90. The Hall–Kier alpha value is -1.66. The van der Waals surface area contributed by atoms with Gasteiger partial charge in [-0.1, -0.05) is 68.3 Å². The Bertz CT molecular complexity index is 716. The molecule has 134 valence electrons. The van der Waals surface area contributed by atoms with Gasteiger partial charge in [0, 0.05) is 8.95 Å². The first-order valence-electron chi connectivity index (χ1n) is 7.53.